The highest BCUT2D eigenvalue weighted by Crippen LogP contribution is 2.38. The molecule has 1 fully saturated rings. The van der Waals surface area contributed by atoms with Crippen molar-refractivity contribution in [3.05, 3.63) is 66.0 Å². The standard InChI is InChI=1S/C19H19N5OS/c1-13-9-15(7-8-18(13)24-12-20-22-23-24)21-19(25)17-11-26-10-16(17)14-5-3-2-4-6-14/h2-9,12,16-17H,10-11H2,1H3,(H,21,25)/t16-,17+/m0/s1. The molecule has 26 heavy (non-hydrogen) atoms. The van der Waals surface area contributed by atoms with Gasteiger partial charge in [-0.25, -0.2) is 4.68 Å². The topological polar surface area (TPSA) is 72.7 Å². The van der Waals surface area contributed by atoms with Crippen LogP contribution < -0.4 is 5.32 Å². The second-order valence-electron chi connectivity index (χ2n) is 6.41. The van der Waals surface area contributed by atoms with E-state index in [1.807, 2.05) is 55.1 Å². The van der Waals surface area contributed by atoms with Crippen molar-refractivity contribution in [2.24, 2.45) is 5.92 Å². The van der Waals surface area contributed by atoms with Crippen LogP contribution in [0.1, 0.15) is 17.0 Å². The zero-order chi connectivity index (χ0) is 17.9. The normalized spacial score (nSPS) is 19.4. The molecule has 1 aliphatic rings. The zero-order valence-corrected chi connectivity index (χ0v) is 15.2. The Morgan fingerprint density at radius 1 is 1.19 bits per heavy atom. The van der Waals surface area contributed by atoms with Gasteiger partial charge in [0, 0.05) is 23.1 Å². The van der Waals surface area contributed by atoms with Crippen molar-refractivity contribution >= 4 is 23.4 Å². The maximum atomic E-state index is 12.9. The molecule has 0 aliphatic carbocycles. The molecule has 2 atom stereocenters. The summed E-state index contributed by atoms with van der Waals surface area (Å²) in [6, 6.07) is 16.1. The predicted molar refractivity (Wildman–Crippen MR) is 103 cm³/mol. The van der Waals surface area contributed by atoms with Crippen LogP contribution in [-0.2, 0) is 4.79 Å². The number of nitrogens with zero attached hydrogens (tertiary/aromatic N) is 4. The van der Waals surface area contributed by atoms with Gasteiger partial charge in [-0.05, 0) is 46.7 Å². The van der Waals surface area contributed by atoms with Gasteiger partial charge in [0.05, 0.1) is 11.6 Å². The number of hydrogen-bond donors (Lipinski definition) is 1. The number of hydrogen-bond acceptors (Lipinski definition) is 5. The van der Waals surface area contributed by atoms with Crippen LogP contribution in [0.25, 0.3) is 5.69 Å². The van der Waals surface area contributed by atoms with Gasteiger partial charge in [-0.3, -0.25) is 4.79 Å². The monoisotopic (exact) mass is 365 g/mol. The lowest BCUT2D eigenvalue weighted by molar-refractivity contribution is -0.119. The Balaban J connectivity index is 1.50. The third-order valence-electron chi connectivity index (χ3n) is 4.71. The average Bonchev–Trinajstić information content (AvgIpc) is 3.34. The molecule has 1 aromatic heterocycles. The molecule has 0 bridgehead atoms. The molecule has 132 valence electrons. The molecule has 3 aromatic rings. The molecule has 4 rings (SSSR count). The fourth-order valence-electron chi connectivity index (χ4n) is 3.34. The smallest absolute Gasteiger partial charge is 0.228 e. The first-order chi connectivity index (χ1) is 12.7. The summed E-state index contributed by atoms with van der Waals surface area (Å²) in [5.74, 6) is 2.18. The molecule has 0 saturated carbocycles. The summed E-state index contributed by atoms with van der Waals surface area (Å²) in [7, 11) is 0. The highest BCUT2D eigenvalue weighted by molar-refractivity contribution is 7.99. The fraction of sp³-hybridized carbons (Fsp3) is 0.263. The van der Waals surface area contributed by atoms with E-state index in [1.165, 1.54) is 5.56 Å². The van der Waals surface area contributed by atoms with Crippen molar-refractivity contribution < 1.29 is 4.79 Å². The molecule has 0 radical (unpaired) electrons. The highest BCUT2D eigenvalue weighted by Gasteiger charge is 2.34. The number of nitrogens with one attached hydrogen (secondary N) is 1. The van der Waals surface area contributed by atoms with E-state index in [2.05, 4.69) is 33.0 Å². The van der Waals surface area contributed by atoms with Crippen LogP contribution in [0.5, 0.6) is 0 Å². The summed E-state index contributed by atoms with van der Waals surface area (Å²) in [6.07, 6.45) is 1.56. The summed E-state index contributed by atoms with van der Waals surface area (Å²) in [6.45, 7) is 1.98. The van der Waals surface area contributed by atoms with Crippen molar-refractivity contribution in [3.8, 4) is 5.69 Å². The summed E-state index contributed by atoms with van der Waals surface area (Å²) in [4.78, 5) is 12.9. The van der Waals surface area contributed by atoms with Crippen LogP contribution in [0.4, 0.5) is 5.69 Å². The third kappa shape index (κ3) is 3.35. The van der Waals surface area contributed by atoms with E-state index in [-0.39, 0.29) is 17.7 Å². The summed E-state index contributed by atoms with van der Waals surface area (Å²) < 4.78 is 1.61. The number of aryl methyl sites for hydroxylation is 1. The fourth-order valence-corrected chi connectivity index (χ4v) is 4.79. The van der Waals surface area contributed by atoms with Crippen LogP contribution in [0, 0.1) is 12.8 Å². The van der Waals surface area contributed by atoms with Crippen molar-refractivity contribution in [2.45, 2.75) is 12.8 Å². The number of carbonyl (C=O) groups excluding carboxylic acids is 1. The van der Waals surface area contributed by atoms with Gasteiger partial charge in [0.15, 0.2) is 0 Å². The van der Waals surface area contributed by atoms with Gasteiger partial charge in [-0.2, -0.15) is 11.8 Å². The summed E-state index contributed by atoms with van der Waals surface area (Å²) in [5, 5.41) is 14.3. The second kappa shape index (κ2) is 7.29. The van der Waals surface area contributed by atoms with Gasteiger partial charge >= 0.3 is 0 Å². The van der Waals surface area contributed by atoms with Crippen molar-refractivity contribution in [3.63, 3.8) is 0 Å². The van der Waals surface area contributed by atoms with Gasteiger partial charge in [0.25, 0.3) is 0 Å². The molecule has 1 aliphatic heterocycles. The summed E-state index contributed by atoms with van der Waals surface area (Å²) in [5.41, 5.74) is 3.93. The first-order valence-electron chi connectivity index (χ1n) is 8.50. The van der Waals surface area contributed by atoms with E-state index < -0.39 is 0 Å². The second-order valence-corrected chi connectivity index (χ2v) is 7.48. The molecule has 1 saturated heterocycles. The van der Waals surface area contributed by atoms with E-state index >= 15 is 0 Å². The average molecular weight is 365 g/mol. The quantitative estimate of drug-likeness (QED) is 0.769. The van der Waals surface area contributed by atoms with Crippen molar-refractivity contribution in [2.75, 3.05) is 16.8 Å². The van der Waals surface area contributed by atoms with Crippen LogP contribution in [0.2, 0.25) is 0 Å². The number of tetrazole rings is 1. The van der Waals surface area contributed by atoms with Gasteiger partial charge in [-0.1, -0.05) is 30.3 Å². The lowest BCUT2D eigenvalue weighted by Crippen LogP contribution is -2.27. The molecule has 1 N–H and O–H groups in total. The largest absolute Gasteiger partial charge is 0.326 e. The van der Waals surface area contributed by atoms with Crippen LogP contribution in [-0.4, -0.2) is 37.6 Å². The van der Waals surface area contributed by atoms with Gasteiger partial charge in [0.2, 0.25) is 5.91 Å². The summed E-state index contributed by atoms with van der Waals surface area (Å²) >= 11 is 1.84. The maximum absolute atomic E-state index is 12.9. The van der Waals surface area contributed by atoms with Crippen LogP contribution in [0.15, 0.2) is 54.9 Å². The first-order valence-corrected chi connectivity index (χ1v) is 9.65. The van der Waals surface area contributed by atoms with Gasteiger partial charge < -0.3 is 5.32 Å². The molecule has 6 nitrogen and oxygen atoms in total. The van der Waals surface area contributed by atoms with E-state index in [1.54, 1.807) is 11.0 Å². The Morgan fingerprint density at radius 2 is 2.04 bits per heavy atom. The van der Waals surface area contributed by atoms with E-state index in [9.17, 15) is 4.79 Å². The molecular weight excluding hydrogens is 346 g/mol. The molecule has 2 aromatic carbocycles. The zero-order valence-electron chi connectivity index (χ0n) is 14.4. The number of carbonyl (C=O) groups is 1. The minimum absolute atomic E-state index is 0.0121. The molecular formula is C19H19N5OS. The first kappa shape index (κ1) is 16.8. The van der Waals surface area contributed by atoms with E-state index in [0.29, 0.717) is 0 Å². The molecule has 0 unspecified atom stereocenters. The number of amides is 1. The predicted octanol–water partition coefficient (Wildman–Crippen LogP) is 3.06. The molecule has 7 heteroatoms. The minimum atomic E-state index is -0.0121. The lowest BCUT2D eigenvalue weighted by Gasteiger charge is -2.19. The molecule has 2 heterocycles. The number of benzene rings is 2. The van der Waals surface area contributed by atoms with Crippen LogP contribution in [0.3, 0.4) is 0 Å². The lowest BCUT2D eigenvalue weighted by atomic mass is 9.88. The SMILES string of the molecule is Cc1cc(NC(=O)[C@@H]2CSC[C@H]2c2ccccc2)ccc1-n1cnnn1. The van der Waals surface area contributed by atoms with Gasteiger partial charge in [0.1, 0.15) is 6.33 Å². The number of anilines is 1. The van der Waals surface area contributed by atoms with Crippen LogP contribution >= 0.6 is 11.8 Å². The Bertz CT molecular complexity index is 898. The number of aromatic nitrogens is 4. The number of rotatable bonds is 4. The van der Waals surface area contributed by atoms with Gasteiger partial charge in [-0.15, -0.1) is 5.10 Å². The molecule has 1 amide bonds. The Hall–Kier alpha value is -2.67. The Kier molecular flexibility index (Phi) is 4.71. The van der Waals surface area contributed by atoms with E-state index in [0.717, 1.165) is 28.4 Å². The third-order valence-corrected chi connectivity index (χ3v) is 5.89. The Labute approximate surface area is 156 Å². The highest BCUT2D eigenvalue weighted by atomic mass is 32.2. The maximum Gasteiger partial charge on any atom is 0.228 e. The molecule has 0 spiro atoms. The van der Waals surface area contributed by atoms with E-state index in [4.69, 9.17) is 0 Å². The number of thioether (sulfide) groups is 1. The van der Waals surface area contributed by atoms with Crippen molar-refractivity contribution in [1.29, 1.82) is 0 Å². The minimum Gasteiger partial charge on any atom is -0.326 e. The van der Waals surface area contributed by atoms with Crippen molar-refractivity contribution in [1.82, 2.24) is 20.2 Å². The Morgan fingerprint density at radius 3 is 2.77 bits per heavy atom.